The summed E-state index contributed by atoms with van der Waals surface area (Å²) in [4.78, 5) is 0. The van der Waals surface area contributed by atoms with Crippen LogP contribution < -0.4 is 24.0 Å². The summed E-state index contributed by atoms with van der Waals surface area (Å²) in [5.74, 6) is 0.723. The van der Waals surface area contributed by atoms with Gasteiger partial charge >= 0.3 is 0 Å². The Morgan fingerprint density at radius 1 is 1.17 bits per heavy atom. The van der Waals surface area contributed by atoms with Gasteiger partial charge < -0.3 is 33.5 Å². The van der Waals surface area contributed by atoms with Crippen molar-refractivity contribution in [3.05, 3.63) is 35.8 Å². The fourth-order valence-corrected chi connectivity index (χ4v) is 0.650. The molecule has 1 rings (SSSR count). The first-order valence-corrected chi connectivity index (χ1v) is 2.96. The van der Waals surface area contributed by atoms with E-state index >= 15 is 0 Å². The zero-order valence-electron chi connectivity index (χ0n) is 7.13. The third-order valence-corrected chi connectivity index (χ3v) is 1.21. The van der Waals surface area contributed by atoms with Gasteiger partial charge in [0.25, 0.3) is 0 Å². The standard InChI is InChI=1S/C8H9O2.HI.Zn/c1-9-7-3-5-8(10-2)6-4-7;;/h3-5H,1-2H3;1H;/p-1. The molecule has 0 unspecified atom stereocenters. The van der Waals surface area contributed by atoms with Crippen LogP contribution in [0.15, 0.2) is 29.7 Å². The first-order chi connectivity index (χ1) is 4.86. The normalized spacial score (nSPS) is 14.3. The van der Waals surface area contributed by atoms with Gasteiger partial charge in [-0.2, -0.15) is 0 Å². The van der Waals surface area contributed by atoms with Crippen molar-refractivity contribution in [2.45, 2.75) is 0 Å². The van der Waals surface area contributed by atoms with Crippen LogP contribution in [0.25, 0.3) is 0 Å². The van der Waals surface area contributed by atoms with E-state index in [1.165, 1.54) is 0 Å². The van der Waals surface area contributed by atoms with E-state index in [9.17, 15) is 0 Å². The minimum Gasteiger partial charge on any atom is -1.00 e. The van der Waals surface area contributed by atoms with E-state index in [2.05, 4.69) is 5.73 Å². The number of ether oxygens (including phenoxy) is 2. The van der Waals surface area contributed by atoms with Crippen molar-refractivity contribution >= 4 is 0 Å². The van der Waals surface area contributed by atoms with E-state index < -0.39 is 0 Å². The van der Waals surface area contributed by atoms with Crippen LogP contribution in [-0.4, -0.2) is 14.2 Å². The maximum Gasteiger partial charge on any atom is 0.161 e. The largest absolute Gasteiger partial charge is 1.00 e. The second-order valence-corrected chi connectivity index (χ2v) is 1.80. The summed E-state index contributed by atoms with van der Waals surface area (Å²) >= 11 is 0. The average Bonchev–Trinajstić information content (AvgIpc) is 2.05. The summed E-state index contributed by atoms with van der Waals surface area (Å²) in [6.07, 6.45) is 6.16. The number of rotatable bonds is 2. The molecule has 12 heavy (non-hydrogen) atoms. The average molecular weight is 329 g/mol. The molecule has 0 heterocycles. The number of hydrogen-bond acceptors (Lipinski definition) is 2. The van der Waals surface area contributed by atoms with Crippen molar-refractivity contribution in [2.75, 3.05) is 14.2 Å². The van der Waals surface area contributed by atoms with E-state index in [-0.39, 0.29) is 43.5 Å². The Kier molecular flexibility index (Phi) is 9.91. The Labute approximate surface area is 102 Å². The molecule has 0 bridgehead atoms. The summed E-state index contributed by atoms with van der Waals surface area (Å²) in [5.41, 5.74) is 2.89. The van der Waals surface area contributed by atoms with E-state index in [1.807, 2.05) is 6.08 Å². The van der Waals surface area contributed by atoms with Gasteiger partial charge in [0.1, 0.15) is 6.10 Å². The van der Waals surface area contributed by atoms with Gasteiger partial charge in [0.15, 0.2) is 5.76 Å². The van der Waals surface area contributed by atoms with Crippen LogP contribution >= 0.6 is 0 Å². The molecule has 0 saturated heterocycles. The number of halogens is 1. The van der Waals surface area contributed by atoms with Gasteiger partial charge in [0.2, 0.25) is 0 Å². The predicted molar refractivity (Wildman–Crippen MR) is 38.0 cm³/mol. The van der Waals surface area contributed by atoms with E-state index in [0.29, 0.717) is 0 Å². The Hall–Kier alpha value is 0.373. The molecule has 0 atom stereocenters. The first kappa shape index (κ1) is 14.9. The molecule has 0 spiro atoms. The van der Waals surface area contributed by atoms with Gasteiger partial charge in [-0.25, -0.2) is 0 Å². The Balaban J connectivity index is 0. The summed E-state index contributed by atoms with van der Waals surface area (Å²) in [5, 5.41) is 0. The van der Waals surface area contributed by atoms with Gasteiger partial charge in [-0.3, -0.25) is 0 Å². The molecule has 0 amide bonds. The van der Waals surface area contributed by atoms with Crippen LogP contribution in [0.5, 0.6) is 0 Å². The van der Waals surface area contributed by atoms with Crippen molar-refractivity contribution < 1.29 is 52.9 Å². The topological polar surface area (TPSA) is 18.5 Å². The molecule has 0 N–H and O–H groups in total. The van der Waals surface area contributed by atoms with Crippen molar-refractivity contribution in [1.29, 1.82) is 0 Å². The molecule has 0 saturated carbocycles. The molecule has 0 aliphatic heterocycles. The second-order valence-electron chi connectivity index (χ2n) is 1.80. The molecule has 63 valence electrons. The van der Waals surface area contributed by atoms with Crippen molar-refractivity contribution in [3.63, 3.8) is 0 Å². The van der Waals surface area contributed by atoms with Gasteiger partial charge in [0, 0.05) is 32.7 Å². The van der Waals surface area contributed by atoms with Gasteiger partial charge in [-0.1, -0.05) is 5.73 Å². The Morgan fingerprint density at radius 2 is 1.83 bits per heavy atom. The fourth-order valence-electron chi connectivity index (χ4n) is 0.650. The molecule has 0 fully saturated rings. The Morgan fingerprint density at radius 3 is 2.17 bits per heavy atom. The van der Waals surface area contributed by atoms with Crippen molar-refractivity contribution in [2.24, 2.45) is 0 Å². The first-order valence-electron chi connectivity index (χ1n) is 2.96. The summed E-state index contributed by atoms with van der Waals surface area (Å²) in [7, 11) is 3.23. The maximum absolute atomic E-state index is 4.93. The van der Waals surface area contributed by atoms with Crippen LogP contribution in [0.3, 0.4) is 0 Å². The summed E-state index contributed by atoms with van der Waals surface area (Å²) in [6.45, 7) is 0. The van der Waals surface area contributed by atoms with Crippen LogP contribution in [0.1, 0.15) is 0 Å². The zero-order chi connectivity index (χ0) is 7.40. The minimum atomic E-state index is 0. The molecule has 0 aromatic rings. The summed E-state index contributed by atoms with van der Waals surface area (Å²) in [6, 6.07) is 0. The monoisotopic (exact) mass is 328 g/mol. The van der Waals surface area contributed by atoms with Gasteiger partial charge in [0.05, 0.1) is 7.11 Å². The number of hydrogen-bond donors (Lipinski definition) is 0. The summed E-state index contributed by atoms with van der Waals surface area (Å²) < 4.78 is 9.83. The van der Waals surface area contributed by atoms with E-state index in [4.69, 9.17) is 9.47 Å². The smallest absolute Gasteiger partial charge is 0.161 e. The fraction of sp³-hybridized carbons (Fsp3) is 0.250. The molecular weight excluding hydrogens is 320 g/mol. The Bertz CT molecular complexity index is 207. The zero-order valence-corrected chi connectivity index (χ0v) is 12.3. The predicted octanol–water partition coefficient (Wildman–Crippen LogP) is -1.58. The maximum atomic E-state index is 4.93. The van der Waals surface area contributed by atoms with Crippen LogP contribution in [0.2, 0.25) is 0 Å². The van der Waals surface area contributed by atoms with Crippen molar-refractivity contribution in [3.8, 4) is 0 Å². The van der Waals surface area contributed by atoms with Gasteiger partial charge in [-0.05, 0) is 12.2 Å². The molecule has 1 aliphatic rings. The molecule has 2 nitrogen and oxygen atoms in total. The third kappa shape index (κ3) is 4.41. The molecule has 0 aromatic carbocycles. The molecule has 1 aliphatic carbocycles. The van der Waals surface area contributed by atoms with E-state index in [0.717, 1.165) is 11.9 Å². The minimum absolute atomic E-state index is 0. The van der Waals surface area contributed by atoms with Gasteiger partial charge in [-0.15, -0.1) is 0 Å². The SMILES string of the molecule is CO[C]1C=C=C(OC)C=C1.[I-].[Zn]. The third-order valence-electron chi connectivity index (χ3n) is 1.21. The quantitative estimate of drug-likeness (QED) is 0.346. The van der Waals surface area contributed by atoms with Crippen LogP contribution in [-0.2, 0) is 29.0 Å². The van der Waals surface area contributed by atoms with E-state index in [1.54, 1.807) is 26.4 Å². The second kappa shape index (κ2) is 7.99. The van der Waals surface area contributed by atoms with Crippen LogP contribution in [0, 0.1) is 6.10 Å². The molecule has 1 radical (unpaired) electrons. The molecular formula is C8H9IO2Zn-. The molecule has 4 heteroatoms. The van der Waals surface area contributed by atoms with Crippen LogP contribution in [0.4, 0.5) is 0 Å². The number of methoxy groups -OCH3 is 2. The molecule has 0 aromatic heterocycles. The van der Waals surface area contributed by atoms with Crippen molar-refractivity contribution in [1.82, 2.24) is 0 Å².